The average molecular weight is 404 g/mol. The Balaban J connectivity index is 1.97. The Hall–Kier alpha value is -3.05. The van der Waals surface area contributed by atoms with Gasteiger partial charge >= 0.3 is 5.63 Å². The van der Waals surface area contributed by atoms with Crippen LogP contribution >= 0.6 is 0 Å². The molecule has 0 bridgehead atoms. The van der Waals surface area contributed by atoms with Gasteiger partial charge in [-0.25, -0.2) is 4.79 Å². The summed E-state index contributed by atoms with van der Waals surface area (Å²) in [5.74, 6) is 0.970. The zero-order valence-corrected chi connectivity index (χ0v) is 17.4. The van der Waals surface area contributed by atoms with Crippen LogP contribution in [-0.2, 0) is 0 Å². The third kappa shape index (κ3) is 2.76. The SMILES string of the molecule is C[C@H]1Oc2c3c(c4c(-c5ccccc5)cc(=O)oc4c2C(O)[C@@H]1C)OC(C)(C)C=C3. The number of aliphatic hydroxyl groups excluding tert-OH is 1. The molecule has 0 spiro atoms. The predicted octanol–water partition coefficient (Wildman–Crippen LogP) is 5.09. The molecular weight excluding hydrogens is 380 g/mol. The molecule has 3 heterocycles. The first kappa shape index (κ1) is 18.9. The second-order valence-corrected chi connectivity index (χ2v) is 8.70. The number of hydrogen-bond donors (Lipinski definition) is 1. The van der Waals surface area contributed by atoms with Crippen LogP contribution < -0.4 is 15.1 Å². The molecule has 0 amide bonds. The summed E-state index contributed by atoms with van der Waals surface area (Å²) in [6.45, 7) is 7.80. The monoisotopic (exact) mass is 404 g/mol. The second kappa shape index (κ2) is 6.47. The lowest BCUT2D eigenvalue weighted by Crippen LogP contribution is -2.34. The highest BCUT2D eigenvalue weighted by Crippen LogP contribution is 2.53. The lowest BCUT2D eigenvalue weighted by atomic mass is 9.84. The van der Waals surface area contributed by atoms with Gasteiger partial charge in [-0.3, -0.25) is 0 Å². The van der Waals surface area contributed by atoms with Crippen molar-refractivity contribution in [2.45, 2.75) is 45.5 Å². The Morgan fingerprint density at radius 1 is 1.07 bits per heavy atom. The van der Waals surface area contributed by atoms with Gasteiger partial charge in [0.15, 0.2) is 5.58 Å². The zero-order valence-electron chi connectivity index (χ0n) is 17.4. The maximum atomic E-state index is 12.6. The van der Waals surface area contributed by atoms with Crippen molar-refractivity contribution in [1.29, 1.82) is 0 Å². The Labute approximate surface area is 174 Å². The van der Waals surface area contributed by atoms with Gasteiger partial charge in [0.25, 0.3) is 0 Å². The fourth-order valence-corrected chi connectivity index (χ4v) is 4.29. The van der Waals surface area contributed by atoms with Crippen LogP contribution in [0.1, 0.15) is 44.9 Å². The minimum absolute atomic E-state index is 0.158. The Bertz CT molecular complexity index is 1240. The van der Waals surface area contributed by atoms with Gasteiger partial charge in [0.05, 0.1) is 22.6 Å². The van der Waals surface area contributed by atoms with E-state index < -0.39 is 17.3 Å². The molecule has 0 saturated heterocycles. The van der Waals surface area contributed by atoms with Crippen molar-refractivity contribution in [2.24, 2.45) is 5.92 Å². The molecule has 0 radical (unpaired) electrons. The van der Waals surface area contributed by atoms with Gasteiger partial charge in [-0.2, -0.15) is 0 Å². The van der Waals surface area contributed by atoms with Crippen molar-refractivity contribution in [3.63, 3.8) is 0 Å². The number of fused-ring (bicyclic) bond motifs is 6. The fraction of sp³-hybridized carbons (Fsp3) is 0.320. The van der Waals surface area contributed by atoms with Crippen molar-refractivity contribution in [3.05, 3.63) is 64.0 Å². The predicted molar refractivity (Wildman–Crippen MR) is 116 cm³/mol. The normalized spacial score (nSPS) is 24.0. The summed E-state index contributed by atoms with van der Waals surface area (Å²) in [6, 6.07) is 11.2. The number of ether oxygens (including phenoxy) is 2. The Morgan fingerprint density at radius 2 is 1.80 bits per heavy atom. The summed E-state index contributed by atoms with van der Waals surface area (Å²) in [5, 5.41) is 11.8. The van der Waals surface area contributed by atoms with E-state index in [2.05, 4.69) is 0 Å². The smallest absolute Gasteiger partial charge is 0.336 e. The van der Waals surface area contributed by atoms with Crippen LogP contribution in [-0.4, -0.2) is 16.8 Å². The van der Waals surface area contributed by atoms with Crippen LogP contribution in [0.15, 0.2) is 51.7 Å². The van der Waals surface area contributed by atoms with Gasteiger partial charge < -0.3 is 19.0 Å². The summed E-state index contributed by atoms with van der Waals surface area (Å²) in [5.41, 5.74) is 2.18. The van der Waals surface area contributed by atoms with Crippen LogP contribution in [0.2, 0.25) is 0 Å². The molecule has 3 aromatic rings. The van der Waals surface area contributed by atoms with Crippen LogP contribution in [0.5, 0.6) is 11.5 Å². The molecule has 3 atom stereocenters. The molecule has 0 aliphatic carbocycles. The van der Waals surface area contributed by atoms with Crippen molar-refractivity contribution in [1.82, 2.24) is 0 Å². The quantitative estimate of drug-likeness (QED) is 0.572. The van der Waals surface area contributed by atoms with Crippen molar-refractivity contribution in [2.75, 3.05) is 0 Å². The number of aliphatic hydroxyl groups is 1. The fourth-order valence-electron chi connectivity index (χ4n) is 4.29. The van der Waals surface area contributed by atoms with E-state index in [4.69, 9.17) is 13.9 Å². The highest BCUT2D eigenvalue weighted by atomic mass is 16.5. The summed E-state index contributed by atoms with van der Waals surface area (Å²) < 4.78 is 18.3. The second-order valence-electron chi connectivity index (χ2n) is 8.70. The number of hydrogen-bond acceptors (Lipinski definition) is 5. The van der Waals surface area contributed by atoms with Crippen LogP contribution in [0, 0.1) is 5.92 Å². The first-order valence-electron chi connectivity index (χ1n) is 10.2. The van der Waals surface area contributed by atoms with E-state index >= 15 is 0 Å². The van der Waals surface area contributed by atoms with Gasteiger partial charge in [-0.15, -0.1) is 0 Å². The molecule has 1 unspecified atom stereocenters. The van der Waals surface area contributed by atoms with E-state index in [1.807, 2.05) is 70.2 Å². The van der Waals surface area contributed by atoms with Crippen molar-refractivity contribution >= 4 is 17.0 Å². The van der Waals surface area contributed by atoms with E-state index in [0.29, 0.717) is 33.6 Å². The van der Waals surface area contributed by atoms with Gasteiger partial charge in [-0.1, -0.05) is 37.3 Å². The molecule has 154 valence electrons. The van der Waals surface area contributed by atoms with Crippen LogP contribution in [0.3, 0.4) is 0 Å². The molecule has 1 N–H and O–H groups in total. The van der Waals surface area contributed by atoms with Crippen molar-refractivity contribution in [3.8, 4) is 22.6 Å². The minimum atomic E-state index is -0.825. The van der Waals surface area contributed by atoms with Gasteiger partial charge in [0.2, 0.25) is 0 Å². The molecule has 5 nitrogen and oxygen atoms in total. The Kier molecular flexibility index (Phi) is 4.09. The zero-order chi connectivity index (χ0) is 21.2. The molecule has 2 aromatic carbocycles. The summed E-state index contributed by atoms with van der Waals surface area (Å²) in [4.78, 5) is 12.6. The summed E-state index contributed by atoms with van der Waals surface area (Å²) in [7, 11) is 0. The lowest BCUT2D eigenvalue weighted by molar-refractivity contribution is 0.0173. The first-order chi connectivity index (χ1) is 14.3. The molecule has 2 aliphatic heterocycles. The largest absolute Gasteiger partial charge is 0.489 e. The highest BCUT2D eigenvalue weighted by molar-refractivity contribution is 6.04. The Morgan fingerprint density at radius 3 is 2.53 bits per heavy atom. The van der Waals surface area contributed by atoms with Crippen LogP contribution in [0.4, 0.5) is 0 Å². The van der Waals surface area contributed by atoms with Gasteiger partial charge in [-0.05, 0) is 38.5 Å². The molecule has 5 rings (SSSR count). The van der Waals surface area contributed by atoms with E-state index in [9.17, 15) is 9.90 Å². The highest BCUT2D eigenvalue weighted by Gasteiger charge is 2.40. The third-order valence-electron chi connectivity index (χ3n) is 6.11. The summed E-state index contributed by atoms with van der Waals surface area (Å²) >= 11 is 0. The molecule has 5 heteroatoms. The van der Waals surface area contributed by atoms with E-state index in [1.165, 1.54) is 6.07 Å². The van der Waals surface area contributed by atoms with E-state index in [-0.39, 0.29) is 12.0 Å². The molecule has 2 aliphatic rings. The number of rotatable bonds is 1. The van der Waals surface area contributed by atoms with E-state index in [1.54, 1.807) is 0 Å². The average Bonchev–Trinajstić information content (AvgIpc) is 2.71. The maximum Gasteiger partial charge on any atom is 0.336 e. The van der Waals surface area contributed by atoms with Crippen molar-refractivity contribution < 1.29 is 19.0 Å². The van der Waals surface area contributed by atoms with Gasteiger partial charge in [0.1, 0.15) is 23.2 Å². The maximum absolute atomic E-state index is 12.6. The number of benzene rings is 2. The molecule has 0 fully saturated rings. The molecule has 1 aromatic heterocycles. The third-order valence-corrected chi connectivity index (χ3v) is 6.11. The molecule has 30 heavy (non-hydrogen) atoms. The van der Waals surface area contributed by atoms with Gasteiger partial charge in [0, 0.05) is 17.5 Å². The standard InChI is InChI=1S/C25H24O5/c1-13-14(2)28-22-16-10-11-25(3,4)30-23(16)19-17(15-8-6-5-7-9-15)12-18(26)29-24(19)20(22)21(13)27/h5-14,21,27H,1-4H3/t13-,14-,21?/m1/s1. The minimum Gasteiger partial charge on any atom is -0.489 e. The first-order valence-corrected chi connectivity index (χ1v) is 10.2. The van der Waals surface area contributed by atoms with Crippen LogP contribution in [0.25, 0.3) is 28.2 Å². The molecular formula is C25H24O5. The lowest BCUT2D eigenvalue weighted by Gasteiger charge is -2.37. The topological polar surface area (TPSA) is 68.9 Å². The summed E-state index contributed by atoms with van der Waals surface area (Å²) in [6.07, 6.45) is 2.93. The molecule has 0 saturated carbocycles. The van der Waals surface area contributed by atoms with E-state index in [0.717, 1.165) is 11.1 Å².